The lowest BCUT2D eigenvalue weighted by Gasteiger charge is -2.35. The summed E-state index contributed by atoms with van der Waals surface area (Å²) in [7, 11) is 0. The molecule has 1 heterocycles. The maximum absolute atomic E-state index is 12.1. The highest BCUT2D eigenvalue weighted by molar-refractivity contribution is 5.92. The first-order valence-electron chi connectivity index (χ1n) is 7.44. The van der Waals surface area contributed by atoms with E-state index < -0.39 is 0 Å². The zero-order valence-electron chi connectivity index (χ0n) is 13.2. The van der Waals surface area contributed by atoms with E-state index in [9.17, 15) is 4.79 Å². The van der Waals surface area contributed by atoms with Gasteiger partial charge in [0.1, 0.15) is 5.76 Å². The molecule has 2 N–H and O–H groups in total. The largest absolute Gasteiger partial charge is 0.361 e. The Morgan fingerprint density at radius 2 is 2.15 bits per heavy atom. The summed E-state index contributed by atoms with van der Waals surface area (Å²) in [5.41, 5.74) is 0.375. The molecular formula is C15H27N3O2. The fraction of sp³-hybridized carbons (Fsp3) is 0.733. The van der Waals surface area contributed by atoms with Crippen LogP contribution in [0.25, 0.3) is 0 Å². The van der Waals surface area contributed by atoms with Gasteiger partial charge < -0.3 is 15.2 Å². The minimum Gasteiger partial charge on any atom is -0.361 e. The molecule has 1 aromatic rings. The molecule has 0 aromatic carbocycles. The predicted octanol–water partition coefficient (Wildman–Crippen LogP) is 2.38. The van der Waals surface area contributed by atoms with Crippen molar-refractivity contribution in [2.75, 3.05) is 13.1 Å². The summed E-state index contributed by atoms with van der Waals surface area (Å²) in [6.07, 6.45) is 1.73. The van der Waals surface area contributed by atoms with Crippen molar-refractivity contribution in [1.82, 2.24) is 15.8 Å². The SMILES string of the molecule is CCNC(C)C(C)(CC)CNC(=O)c1cc(CC)on1. The average Bonchev–Trinajstić information content (AvgIpc) is 2.93. The number of hydrogen-bond donors (Lipinski definition) is 2. The Labute approximate surface area is 121 Å². The molecule has 1 rings (SSSR count). The summed E-state index contributed by atoms with van der Waals surface area (Å²) in [5.74, 6) is 0.561. The molecule has 0 aliphatic rings. The normalized spacial score (nSPS) is 15.7. The van der Waals surface area contributed by atoms with Crippen molar-refractivity contribution in [2.45, 2.75) is 53.5 Å². The first kappa shape index (κ1) is 16.7. The minimum atomic E-state index is -0.170. The Morgan fingerprint density at radius 1 is 1.45 bits per heavy atom. The summed E-state index contributed by atoms with van der Waals surface area (Å²) in [6.45, 7) is 12.1. The molecule has 2 unspecified atom stereocenters. The molecule has 0 aliphatic heterocycles. The van der Waals surface area contributed by atoms with Gasteiger partial charge in [0.25, 0.3) is 5.91 Å². The lowest BCUT2D eigenvalue weighted by atomic mass is 9.80. The van der Waals surface area contributed by atoms with Gasteiger partial charge in [0.15, 0.2) is 5.69 Å². The smallest absolute Gasteiger partial charge is 0.273 e. The maximum atomic E-state index is 12.1. The molecular weight excluding hydrogens is 254 g/mol. The fourth-order valence-corrected chi connectivity index (χ4v) is 2.10. The van der Waals surface area contributed by atoms with Crippen LogP contribution in [0.2, 0.25) is 0 Å². The number of nitrogens with zero attached hydrogens (tertiary/aromatic N) is 1. The van der Waals surface area contributed by atoms with Gasteiger partial charge in [-0.15, -0.1) is 0 Å². The van der Waals surface area contributed by atoms with Crippen LogP contribution in [0.3, 0.4) is 0 Å². The van der Waals surface area contributed by atoms with Gasteiger partial charge in [-0.25, -0.2) is 0 Å². The molecule has 0 radical (unpaired) electrons. The van der Waals surface area contributed by atoms with Crippen molar-refractivity contribution in [3.8, 4) is 0 Å². The molecule has 0 saturated carbocycles. The van der Waals surface area contributed by atoms with Gasteiger partial charge in [0.2, 0.25) is 0 Å². The lowest BCUT2D eigenvalue weighted by molar-refractivity contribution is 0.0911. The Morgan fingerprint density at radius 3 is 2.65 bits per heavy atom. The van der Waals surface area contributed by atoms with E-state index in [1.807, 2.05) is 6.92 Å². The van der Waals surface area contributed by atoms with E-state index in [2.05, 4.69) is 43.5 Å². The molecule has 5 nitrogen and oxygen atoms in total. The number of aromatic nitrogens is 1. The standard InChI is InChI=1S/C15H27N3O2/c1-6-12-9-13(18-20-12)14(19)17-10-15(5,7-2)11(4)16-8-3/h9,11,16H,6-8,10H2,1-5H3,(H,17,19). The Balaban J connectivity index is 2.61. The molecule has 0 bridgehead atoms. The van der Waals surface area contributed by atoms with Gasteiger partial charge in [-0.1, -0.05) is 32.9 Å². The predicted molar refractivity (Wildman–Crippen MR) is 79.8 cm³/mol. The van der Waals surface area contributed by atoms with Crippen LogP contribution < -0.4 is 10.6 Å². The molecule has 0 spiro atoms. The van der Waals surface area contributed by atoms with Gasteiger partial charge in [-0.2, -0.15) is 0 Å². The minimum absolute atomic E-state index is 0.0169. The first-order valence-corrected chi connectivity index (χ1v) is 7.44. The Kier molecular flexibility index (Phi) is 6.20. The Hall–Kier alpha value is -1.36. The quantitative estimate of drug-likeness (QED) is 0.767. The van der Waals surface area contributed by atoms with Gasteiger partial charge in [-0.05, 0) is 25.3 Å². The highest BCUT2D eigenvalue weighted by Crippen LogP contribution is 2.25. The topological polar surface area (TPSA) is 67.2 Å². The number of rotatable bonds is 8. The summed E-state index contributed by atoms with van der Waals surface area (Å²) in [6, 6.07) is 2.04. The highest BCUT2D eigenvalue weighted by Gasteiger charge is 2.29. The number of carbonyl (C=O) groups excluding carboxylic acids is 1. The van der Waals surface area contributed by atoms with Crippen molar-refractivity contribution in [2.24, 2.45) is 5.41 Å². The third-order valence-corrected chi connectivity index (χ3v) is 4.16. The summed E-state index contributed by atoms with van der Waals surface area (Å²) in [5, 5.41) is 10.2. The van der Waals surface area contributed by atoms with E-state index in [4.69, 9.17) is 4.52 Å². The van der Waals surface area contributed by atoms with E-state index >= 15 is 0 Å². The van der Waals surface area contributed by atoms with E-state index in [-0.39, 0.29) is 11.3 Å². The molecule has 20 heavy (non-hydrogen) atoms. The van der Waals surface area contributed by atoms with Crippen molar-refractivity contribution >= 4 is 5.91 Å². The zero-order valence-corrected chi connectivity index (χ0v) is 13.2. The third-order valence-electron chi connectivity index (χ3n) is 4.16. The highest BCUT2D eigenvalue weighted by atomic mass is 16.5. The second kappa shape index (κ2) is 7.43. The molecule has 2 atom stereocenters. The summed E-state index contributed by atoms with van der Waals surface area (Å²) in [4.78, 5) is 12.1. The van der Waals surface area contributed by atoms with Gasteiger partial charge in [-0.3, -0.25) is 4.79 Å². The number of aryl methyl sites for hydroxylation is 1. The van der Waals surface area contributed by atoms with E-state index in [0.29, 0.717) is 18.3 Å². The second-order valence-electron chi connectivity index (χ2n) is 5.50. The first-order chi connectivity index (χ1) is 9.46. The van der Waals surface area contributed by atoms with Gasteiger partial charge >= 0.3 is 0 Å². The van der Waals surface area contributed by atoms with Gasteiger partial charge in [0.05, 0.1) is 0 Å². The monoisotopic (exact) mass is 281 g/mol. The van der Waals surface area contributed by atoms with Crippen molar-refractivity contribution in [3.63, 3.8) is 0 Å². The van der Waals surface area contributed by atoms with Crippen LogP contribution in [0.5, 0.6) is 0 Å². The van der Waals surface area contributed by atoms with Crippen LogP contribution in [0.15, 0.2) is 10.6 Å². The molecule has 0 fully saturated rings. The zero-order chi connectivity index (χ0) is 15.2. The fourth-order valence-electron chi connectivity index (χ4n) is 2.10. The van der Waals surface area contributed by atoms with Crippen LogP contribution in [-0.4, -0.2) is 30.2 Å². The van der Waals surface area contributed by atoms with Crippen molar-refractivity contribution in [1.29, 1.82) is 0 Å². The molecule has 114 valence electrons. The van der Waals surface area contributed by atoms with Crippen molar-refractivity contribution < 1.29 is 9.32 Å². The number of amides is 1. The summed E-state index contributed by atoms with van der Waals surface area (Å²) < 4.78 is 5.06. The number of carbonyl (C=O) groups is 1. The van der Waals surface area contributed by atoms with Crippen LogP contribution in [0, 0.1) is 5.41 Å². The van der Waals surface area contributed by atoms with E-state index in [0.717, 1.165) is 25.1 Å². The number of nitrogens with one attached hydrogen (secondary N) is 2. The maximum Gasteiger partial charge on any atom is 0.273 e. The van der Waals surface area contributed by atoms with E-state index in [1.54, 1.807) is 6.07 Å². The van der Waals surface area contributed by atoms with Crippen LogP contribution >= 0.6 is 0 Å². The molecule has 1 amide bonds. The van der Waals surface area contributed by atoms with E-state index in [1.165, 1.54) is 0 Å². The second-order valence-corrected chi connectivity index (χ2v) is 5.50. The lowest BCUT2D eigenvalue weighted by Crippen LogP contribution is -2.48. The molecule has 0 saturated heterocycles. The average molecular weight is 281 g/mol. The van der Waals surface area contributed by atoms with Crippen LogP contribution in [0.4, 0.5) is 0 Å². The van der Waals surface area contributed by atoms with Crippen LogP contribution in [0.1, 0.15) is 57.3 Å². The van der Waals surface area contributed by atoms with Crippen LogP contribution in [-0.2, 0) is 6.42 Å². The molecule has 0 aliphatic carbocycles. The third kappa shape index (κ3) is 4.07. The number of hydrogen-bond acceptors (Lipinski definition) is 4. The summed E-state index contributed by atoms with van der Waals surface area (Å²) >= 11 is 0. The molecule has 1 aromatic heterocycles. The van der Waals surface area contributed by atoms with Gasteiger partial charge in [0, 0.05) is 25.1 Å². The Bertz CT molecular complexity index is 431. The molecule has 5 heteroatoms. The van der Waals surface area contributed by atoms with Crippen molar-refractivity contribution in [3.05, 3.63) is 17.5 Å².